The van der Waals surface area contributed by atoms with Crippen LogP contribution >= 0.6 is 11.6 Å². The fraction of sp³-hybridized carbons (Fsp3) is 0.357. The lowest BCUT2D eigenvalue weighted by Crippen LogP contribution is -2.36. The number of hydrogen-bond acceptors (Lipinski definition) is 4. The molecule has 114 valence electrons. The first-order valence-electron chi connectivity index (χ1n) is 6.09. The molecule has 0 aliphatic rings. The summed E-state index contributed by atoms with van der Waals surface area (Å²) in [6, 6.07) is 4.85. The van der Waals surface area contributed by atoms with Crippen LogP contribution < -0.4 is 10.2 Å². The predicted molar refractivity (Wildman–Crippen MR) is 78.7 cm³/mol. The number of ether oxygens (including phenoxy) is 1. The topological polar surface area (TPSA) is 60.0 Å². The first kappa shape index (κ1) is 17.1. The van der Waals surface area contributed by atoms with Gasteiger partial charge in [0, 0.05) is 12.1 Å². The minimum absolute atomic E-state index is 0.0479. The third kappa shape index (κ3) is 6.36. The molecule has 0 aromatic heterocycles. The lowest BCUT2D eigenvalue weighted by Gasteiger charge is -2.13. The van der Waals surface area contributed by atoms with E-state index in [1.54, 1.807) is 12.1 Å². The van der Waals surface area contributed by atoms with Gasteiger partial charge in [-0.05, 0) is 30.7 Å². The molecule has 1 aromatic carbocycles. The first-order valence-corrected chi connectivity index (χ1v) is 6.46. The fourth-order valence-corrected chi connectivity index (χ4v) is 1.33. The molecule has 2 amide bonds. The standard InChI is InChI=1S/C14H17ClN2O4/c1-11-10-12(6-7-13(11)15)20-8-4-5-9-21-16-14(18)17(2)19-3/h6-7,10H,8-9H2,1-3H3,(H,16,18). The Morgan fingerprint density at radius 3 is 2.76 bits per heavy atom. The zero-order valence-corrected chi connectivity index (χ0v) is 12.9. The highest BCUT2D eigenvalue weighted by molar-refractivity contribution is 6.31. The highest BCUT2D eigenvalue weighted by Gasteiger charge is 2.05. The monoisotopic (exact) mass is 312 g/mol. The maximum atomic E-state index is 11.2. The molecule has 1 N–H and O–H groups in total. The van der Waals surface area contributed by atoms with Crippen molar-refractivity contribution >= 4 is 17.6 Å². The third-order valence-corrected chi connectivity index (χ3v) is 2.85. The van der Waals surface area contributed by atoms with E-state index < -0.39 is 6.03 Å². The van der Waals surface area contributed by atoms with Gasteiger partial charge in [0.2, 0.25) is 0 Å². The summed E-state index contributed by atoms with van der Waals surface area (Å²) < 4.78 is 5.42. The molecule has 0 fully saturated rings. The molecule has 0 radical (unpaired) electrons. The van der Waals surface area contributed by atoms with Gasteiger partial charge in [0.05, 0.1) is 7.11 Å². The van der Waals surface area contributed by atoms with E-state index in [1.807, 2.05) is 13.0 Å². The lowest BCUT2D eigenvalue weighted by atomic mass is 10.2. The van der Waals surface area contributed by atoms with E-state index in [9.17, 15) is 4.79 Å². The van der Waals surface area contributed by atoms with Gasteiger partial charge in [-0.15, -0.1) is 0 Å². The highest BCUT2D eigenvalue weighted by Crippen LogP contribution is 2.20. The molecule has 0 heterocycles. The van der Waals surface area contributed by atoms with Crippen LogP contribution in [0.4, 0.5) is 4.79 Å². The number of nitrogens with zero attached hydrogens (tertiary/aromatic N) is 1. The molecule has 0 saturated carbocycles. The van der Waals surface area contributed by atoms with E-state index in [2.05, 4.69) is 22.2 Å². The molecule has 1 aromatic rings. The average molecular weight is 313 g/mol. The Bertz CT molecular complexity index is 540. The molecular formula is C14H17ClN2O4. The number of urea groups is 1. The van der Waals surface area contributed by atoms with Gasteiger partial charge in [0.1, 0.15) is 19.0 Å². The summed E-state index contributed by atoms with van der Waals surface area (Å²) >= 11 is 5.91. The zero-order valence-electron chi connectivity index (χ0n) is 12.1. The van der Waals surface area contributed by atoms with Crippen LogP contribution in [-0.4, -0.2) is 38.5 Å². The number of nitrogens with one attached hydrogen (secondary N) is 1. The van der Waals surface area contributed by atoms with Gasteiger partial charge < -0.3 is 4.74 Å². The Kier molecular flexibility index (Phi) is 7.40. The first-order chi connectivity index (χ1) is 10.0. The number of aryl methyl sites for hydroxylation is 1. The van der Waals surface area contributed by atoms with E-state index in [1.165, 1.54) is 14.2 Å². The second-order valence-corrected chi connectivity index (χ2v) is 4.34. The molecule has 1 rings (SSSR count). The Morgan fingerprint density at radius 2 is 2.10 bits per heavy atom. The molecule has 0 atom stereocenters. The van der Waals surface area contributed by atoms with Crippen LogP contribution in [0.3, 0.4) is 0 Å². The van der Waals surface area contributed by atoms with Crippen molar-refractivity contribution < 1.29 is 19.2 Å². The van der Waals surface area contributed by atoms with Gasteiger partial charge in [0.25, 0.3) is 0 Å². The second-order valence-electron chi connectivity index (χ2n) is 3.93. The predicted octanol–water partition coefficient (Wildman–Crippen LogP) is 2.17. The third-order valence-electron chi connectivity index (χ3n) is 2.43. The van der Waals surface area contributed by atoms with Crippen molar-refractivity contribution in [3.05, 3.63) is 28.8 Å². The maximum absolute atomic E-state index is 11.2. The second kappa shape index (κ2) is 9.08. The molecule has 21 heavy (non-hydrogen) atoms. The number of carbonyl (C=O) groups is 1. The number of rotatable bonds is 5. The summed E-state index contributed by atoms with van der Waals surface area (Å²) in [7, 11) is 2.82. The van der Waals surface area contributed by atoms with Crippen molar-refractivity contribution in [1.82, 2.24) is 10.5 Å². The van der Waals surface area contributed by atoms with E-state index in [-0.39, 0.29) is 13.2 Å². The van der Waals surface area contributed by atoms with Crippen molar-refractivity contribution in [1.29, 1.82) is 0 Å². The Morgan fingerprint density at radius 1 is 1.38 bits per heavy atom. The minimum atomic E-state index is -0.521. The number of amides is 2. The van der Waals surface area contributed by atoms with Gasteiger partial charge >= 0.3 is 6.03 Å². The Balaban J connectivity index is 2.22. The minimum Gasteiger partial charge on any atom is -0.481 e. The van der Waals surface area contributed by atoms with E-state index in [0.29, 0.717) is 10.8 Å². The lowest BCUT2D eigenvalue weighted by molar-refractivity contribution is -0.0795. The van der Waals surface area contributed by atoms with Crippen molar-refractivity contribution in [2.45, 2.75) is 6.92 Å². The van der Waals surface area contributed by atoms with Crippen molar-refractivity contribution in [3.8, 4) is 17.6 Å². The highest BCUT2D eigenvalue weighted by atomic mass is 35.5. The van der Waals surface area contributed by atoms with Crippen LogP contribution in [0.1, 0.15) is 5.56 Å². The fourth-order valence-electron chi connectivity index (χ4n) is 1.21. The molecular weight excluding hydrogens is 296 g/mol. The SMILES string of the molecule is CON(C)C(=O)NOCC#CCOc1ccc(Cl)c(C)c1. The molecule has 6 nitrogen and oxygen atoms in total. The largest absolute Gasteiger partial charge is 0.481 e. The molecule has 0 aliphatic carbocycles. The van der Waals surface area contributed by atoms with Crippen LogP contribution in [0.15, 0.2) is 18.2 Å². The molecule has 0 unspecified atom stereocenters. The summed E-state index contributed by atoms with van der Waals surface area (Å²) in [4.78, 5) is 20.7. The Hall–Kier alpha value is -1.94. The maximum Gasteiger partial charge on any atom is 0.364 e. The van der Waals surface area contributed by atoms with Crippen LogP contribution in [0, 0.1) is 18.8 Å². The van der Waals surface area contributed by atoms with Crippen LogP contribution in [0.25, 0.3) is 0 Å². The molecule has 0 aliphatic heterocycles. The van der Waals surface area contributed by atoms with E-state index >= 15 is 0 Å². The van der Waals surface area contributed by atoms with Crippen molar-refractivity contribution in [3.63, 3.8) is 0 Å². The summed E-state index contributed by atoms with van der Waals surface area (Å²) in [5.74, 6) is 6.15. The molecule has 0 spiro atoms. The van der Waals surface area contributed by atoms with Gasteiger partial charge in [0.15, 0.2) is 0 Å². The number of carbonyl (C=O) groups excluding carboxylic acids is 1. The number of hydroxylamine groups is 3. The average Bonchev–Trinajstić information content (AvgIpc) is 2.48. The van der Waals surface area contributed by atoms with Crippen LogP contribution in [0.5, 0.6) is 5.75 Å². The molecule has 0 saturated heterocycles. The van der Waals surface area contributed by atoms with Gasteiger partial charge in [-0.2, -0.15) is 0 Å². The quantitative estimate of drug-likeness (QED) is 0.514. The van der Waals surface area contributed by atoms with E-state index in [4.69, 9.17) is 21.2 Å². The van der Waals surface area contributed by atoms with Crippen LogP contribution in [0.2, 0.25) is 5.02 Å². The summed E-state index contributed by atoms with van der Waals surface area (Å²) in [5.41, 5.74) is 3.10. The van der Waals surface area contributed by atoms with Crippen molar-refractivity contribution in [2.24, 2.45) is 0 Å². The van der Waals surface area contributed by atoms with E-state index in [0.717, 1.165) is 10.6 Å². The van der Waals surface area contributed by atoms with Gasteiger partial charge in [-0.1, -0.05) is 23.4 Å². The summed E-state index contributed by atoms with van der Waals surface area (Å²) in [6.07, 6.45) is 0. The Labute approximate surface area is 128 Å². The molecule has 0 bridgehead atoms. The van der Waals surface area contributed by atoms with Gasteiger partial charge in [-0.3, -0.25) is 9.68 Å². The number of halogens is 1. The number of benzene rings is 1. The normalized spacial score (nSPS) is 9.52. The van der Waals surface area contributed by atoms with Gasteiger partial charge in [-0.25, -0.2) is 15.3 Å². The summed E-state index contributed by atoms with van der Waals surface area (Å²) in [5, 5.41) is 1.68. The number of hydrogen-bond donors (Lipinski definition) is 1. The van der Waals surface area contributed by atoms with Crippen LogP contribution in [-0.2, 0) is 9.68 Å². The zero-order chi connectivity index (χ0) is 15.7. The molecule has 7 heteroatoms. The smallest absolute Gasteiger partial charge is 0.364 e. The van der Waals surface area contributed by atoms with Crippen molar-refractivity contribution in [2.75, 3.05) is 27.4 Å². The summed E-state index contributed by atoms with van der Waals surface area (Å²) in [6.45, 7) is 2.16.